The summed E-state index contributed by atoms with van der Waals surface area (Å²) in [5.74, 6) is 1.56. The van der Waals surface area contributed by atoms with Crippen molar-refractivity contribution in [3.8, 4) is 0 Å². The lowest BCUT2D eigenvalue weighted by molar-refractivity contribution is -0.131. The Morgan fingerprint density at radius 1 is 1.22 bits per heavy atom. The van der Waals surface area contributed by atoms with Gasteiger partial charge in [-0.2, -0.15) is 4.79 Å². The van der Waals surface area contributed by atoms with Crippen LogP contribution in [0.5, 0.6) is 0 Å². The van der Waals surface area contributed by atoms with E-state index in [4.69, 9.17) is 0 Å². The number of allylic oxidation sites excluding steroid dienone is 4. The molecule has 2 saturated carbocycles. The zero-order valence-corrected chi connectivity index (χ0v) is 13.7. The highest BCUT2D eigenvalue weighted by atomic mass is 16.1. The first-order valence-corrected chi connectivity index (χ1v) is 8.62. The van der Waals surface area contributed by atoms with Crippen LogP contribution in [0.25, 0.3) is 5.53 Å². The van der Waals surface area contributed by atoms with Crippen molar-refractivity contribution < 1.29 is 14.4 Å². The molecule has 0 N–H and O–H groups in total. The van der Waals surface area contributed by atoms with Gasteiger partial charge in [0, 0.05) is 17.3 Å². The van der Waals surface area contributed by atoms with E-state index in [9.17, 15) is 15.1 Å². The minimum absolute atomic E-state index is 0.148. The first-order valence-electron chi connectivity index (χ1n) is 8.62. The number of nitrogens with zero attached hydrogens (tertiary/aromatic N) is 2. The molecule has 5 atom stereocenters. The van der Waals surface area contributed by atoms with E-state index in [1.807, 2.05) is 6.08 Å². The summed E-state index contributed by atoms with van der Waals surface area (Å²) in [7, 11) is 0. The second-order valence-corrected chi connectivity index (χ2v) is 8.08. The largest absolute Gasteiger partial charge is 0.365 e. The van der Waals surface area contributed by atoms with E-state index in [1.165, 1.54) is 0 Å². The zero-order chi connectivity index (χ0) is 16.4. The first-order chi connectivity index (χ1) is 10.9. The molecule has 4 nitrogen and oxygen atoms in total. The highest BCUT2D eigenvalue weighted by Crippen LogP contribution is 2.62. The highest BCUT2D eigenvalue weighted by Gasteiger charge is 2.59. The predicted octanol–water partition coefficient (Wildman–Crippen LogP) is 3.14. The lowest BCUT2D eigenvalue weighted by atomic mass is 9.49. The Bertz CT molecular complexity index is 728. The van der Waals surface area contributed by atoms with Crippen LogP contribution in [-0.2, 0) is 9.59 Å². The Hall–Kier alpha value is -1.80. The van der Waals surface area contributed by atoms with Gasteiger partial charge in [-0.3, -0.25) is 9.59 Å². The van der Waals surface area contributed by atoms with Gasteiger partial charge in [-0.25, -0.2) is 0 Å². The molecule has 0 aromatic carbocycles. The Morgan fingerprint density at radius 2 is 2.00 bits per heavy atom. The van der Waals surface area contributed by atoms with Crippen LogP contribution in [0.3, 0.4) is 0 Å². The summed E-state index contributed by atoms with van der Waals surface area (Å²) in [6.45, 7) is 4.31. The molecule has 4 rings (SSSR count). The van der Waals surface area contributed by atoms with Crippen LogP contribution in [0.1, 0.15) is 46.0 Å². The van der Waals surface area contributed by atoms with Crippen LogP contribution in [0.4, 0.5) is 0 Å². The van der Waals surface area contributed by atoms with Crippen molar-refractivity contribution >= 4 is 17.3 Å². The lowest BCUT2D eigenvalue weighted by Crippen LogP contribution is -2.50. The van der Waals surface area contributed by atoms with Gasteiger partial charge in [-0.1, -0.05) is 26.0 Å². The Balaban J connectivity index is 1.80. The van der Waals surface area contributed by atoms with Gasteiger partial charge in [-0.05, 0) is 49.5 Å². The van der Waals surface area contributed by atoms with E-state index in [0.29, 0.717) is 23.5 Å². The molecule has 0 aromatic heterocycles. The maximum absolute atomic E-state index is 12.4. The molecule has 4 aliphatic rings. The fraction of sp³-hybridized carbons (Fsp3) is 0.632. The summed E-state index contributed by atoms with van der Waals surface area (Å²) in [5.41, 5.74) is 9.95. The molecule has 0 bridgehead atoms. The van der Waals surface area contributed by atoms with Crippen LogP contribution in [0.2, 0.25) is 0 Å². The third kappa shape index (κ3) is 1.73. The Kier molecular flexibility index (Phi) is 2.96. The number of hydrogen-bond acceptors (Lipinski definition) is 2. The number of rotatable bonds is 0. The number of carbonyl (C=O) groups is 2. The summed E-state index contributed by atoms with van der Waals surface area (Å²) in [5, 5.41) is 0. The van der Waals surface area contributed by atoms with Crippen molar-refractivity contribution in [2.75, 3.05) is 0 Å². The topological polar surface area (TPSA) is 70.5 Å². The number of fused-ring (bicyclic) bond motifs is 5. The van der Waals surface area contributed by atoms with E-state index in [0.717, 1.165) is 37.7 Å². The van der Waals surface area contributed by atoms with Crippen LogP contribution < -0.4 is 0 Å². The third-order valence-electron chi connectivity index (χ3n) is 7.26. The van der Waals surface area contributed by atoms with Gasteiger partial charge in [0.25, 0.3) is 5.78 Å². The van der Waals surface area contributed by atoms with Crippen molar-refractivity contribution in [1.82, 2.24) is 0 Å². The number of Topliss-reactive ketones (excluding diaryl/α,β-unsaturated/α-hetero) is 1. The quantitative estimate of drug-likeness (QED) is 0.509. The Morgan fingerprint density at radius 3 is 2.74 bits per heavy atom. The Labute approximate surface area is 136 Å². The normalized spacial score (nSPS) is 45.0. The van der Waals surface area contributed by atoms with Crippen LogP contribution in [0.15, 0.2) is 23.8 Å². The minimum atomic E-state index is -0.259. The third-order valence-corrected chi connectivity index (χ3v) is 7.26. The lowest BCUT2D eigenvalue weighted by Gasteiger charge is -2.53. The molecular formula is C19H22N2O2. The molecule has 0 spiro atoms. The molecule has 0 saturated heterocycles. The van der Waals surface area contributed by atoms with E-state index >= 15 is 0 Å². The zero-order valence-electron chi connectivity index (χ0n) is 13.7. The van der Waals surface area contributed by atoms with Crippen LogP contribution in [0, 0.1) is 28.6 Å². The minimum Gasteiger partial charge on any atom is -0.361 e. The molecule has 4 heteroatoms. The van der Waals surface area contributed by atoms with Gasteiger partial charge < -0.3 is 5.53 Å². The fourth-order valence-corrected chi connectivity index (χ4v) is 5.93. The smallest absolute Gasteiger partial charge is 0.361 e. The number of ketones is 2. The molecule has 0 aliphatic heterocycles. The van der Waals surface area contributed by atoms with Crippen molar-refractivity contribution in [2.45, 2.75) is 46.0 Å². The predicted molar refractivity (Wildman–Crippen MR) is 85.6 cm³/mol. The van der Waals surface area contributed by atoms with Gasteiger partial charge >= 0.3 is 5.71 Å². The highest BCUT2D eigenvalue weighted by molar-refractivity contribution is 6.48. The maximum atomic E-state index is 12.4. The van der Waals surface area contributed by atoms with Crippen molar-refractivity contribution in [3.63, 3.8) is 0 Å². The van der Waals surface area contributed by atoms with Gasteiger partial charge in [0.15, 0.2) is 0 Å². The first kappa shape index (κ1) is 14.8. The van der Waals surface area contributed by atoms with E-state index in [2.05, 4.69) is 24.7 Å². The monoisotopic (exact) mass is 310 g/mol. The molecule has 120 valence electrons. The molecule has 0 unspecified atom stereocenters. The van der Waals surface area contributed by atoms with E-state index < -0.39 is 0 Å². The summed E-state index contributed by atoms with van der Waals surface area (Å²) in [6, 6.07) is 0. The molecule has 0 aromatic rings. The fourth-order valence-electron chi connectivity index (χ4n) is 5.93. The molecule has 23 heavy (non-hydrogen) atoms. The maximum Gasteiger partial charge on any atom is 0.365 e. The number of hydrogen-bond donors (Lipinski definition) is 0. The molecule has 0 amide bonds. The number of carbonyl (C=O) groups excluding carboxylic acids is 2. The molecule has 4 aliphatic carbocycles. The summed E-state index contributed by atoms with van der Waals surface area (Å²) < 4.78 is 0. The molecule has 0 radical (unpaired) electrons. The van der Waals surface area contributed by atoms with Crippen molar-refractivity contribution in [2.24, 2.45) is 28.6 Å². The van der Waals surface area contributed by atoms with Gasteiger partial charge in [0.05, 0.1) is 5.57 Å². The van der Waals surface area contributed by atoms with Gasteiger partial charge in [-0.15, -0.1) is 0 Å². The van der Waals surface area contributed by atoms with Crippen LogP contribution >= 0.6 is 0 Å². The van der Waals surface area contributed by atoms with Crippen molar-refractivity contribution in [3.05, 3.63) is 29.3 Å². The molecule has 0 heterocycles. The summed E-state index contributed by atoms with van der Waals surface area (Å²) in [4.78, 5) is 27.7. The standard InChI is InChI=1S/C19H22N2O2/c1-18-10-8-15(22)17(21-20)14(18)4-3-11-12-5-6-16(23)19(12,2)9-7-13(11)18/h4,8,10-13H,3,5-7,9H2,1-2H3/t11-,12-,13-,18+,19-/m0/s1. The molecular weight excluding hydrogens is 288 g/mol. The van der Waals surface area contributed by atoms with Gasteiger partial charge in [0.2, 0.25) is 0 Å². The van der Waals surface area contributed by atoms with Crippen molar-refractivity contribution in [1.29, 1.82) is 0 Å². The second-order valence-electron chi connectivity index (χ2n) is 8.08. The summed E-state index contributed by atoms with van der Waals surface area (Å²) in [6.07, 6.45) is 10.2. The van der Waals surface area contributed by atoms with E-state index in [1.54, 1.807) is 6.08 Å². The molecule has 2 fully saturated rings. The van der Waals surface area contributed by atoms with Gasteiger partial charge in [0.1, 0.15) is 5.78 Å². The SMILES string of the molecule is C[C@]12C=CC(=O)C(=[N+]=[N-])C1=CC[C@@H]1[C@@H]2CC[C@]2(C)C(=O)CC[C@@H]12. The average Bonchev–Trinajstić information content (AvgIpc) is 2.83. The second kappa shape index (κ2) is 4.61. The average molecular weight is 310 g/mol. The van der Waals surface area contributed by atoms with E-state index in [-0.39, 0.29) is 22.3 Å². The van der Waals surface area contributed by atoms with Crippen LogP contribution in [-0.4, -0.2) is 22.1 Å². The summed E-state index contributed by atoms with van der Waals surface area (Å²) >= 11 is 0.